The van der Waals surface area contributed by atoms with E-state index in [1.54, 1.807) is 14.7 Å². The van der Waals surface area contributed by atoms with E-state index in [1.165, 1.54) is 7.11 Å². The Kier molecular flexibility index (Phi) is 16.9. The predicted octanol–water partition coefficient (Wildman–Crippen LogP) is -2.93. The normalized spacial score (nSPS) is 30.2. The zero-order chi connectivity index (χ0) is 46.8. The average Bonchev–Trinajstić information content (AvgIpc) is 4.16. The van der Waals surface area contributed by atoms with Crippen LogP contribution in [0.5, 0.6) is 0 Å². The first-order chi connectivity index (χ1) is 31.9. The Bertz CT molecular complexity index is 1730. The van der Waals surface area contributed by atoms with Gasteiger partial charge in [0, 0.05) is 44.0 Å². The van der Waals surface area contributed by atoms with Gasteiger partial charge in [0.05, 0.1) is 44.6 Å². The van der Waals surface area contributed by atoms with Crippen LogP contribution in [-0.2, 0) is 62.1 Å². The number of carbonyl (C=O) groups is 9. The van der Waals surface area contributed by atoms with Gasteiger partial charge < -0.3 is 65.5 Å². The summed E-state index contributed by atoms with van der Waals surface area (Å²) in [6.07, 6.45) is 8.16. The number of ether oxygens (including phenoxy) is 4. The van der Waals surface area contributed by atoms with E-state index in [2.05, 4.69) is 31.9 Å². The van der Waals surface area contributed by atoms with Gasteiger partial charge in [-0.25, -0.2) is 0 Å². The molecule has 9 atom stereocenters. The number of nitrogens with zero attached hydrogens (tertiary/aromatic N) is 3. The molecule has 7 fully saturated rings. The third-order valence-electron chi connectivity index (χ3n) is 14.4. The molecule has 0 aromatic carbocycles. The number of rotatable bonds is 20. The second-order valence-electron chi connectivity index (χ2n) is 18.6. The monoisotopic (exact) mass is 929 g/mol. The quantitative estimate of drug-likeness (QED) is 0.0527. The summed E-state index contributed by atoms with van der Waals surface area (Å²) in [7, 11) is 1.44. The maximum absolute atomic E-state index is 13.2. The average molecular weight is 930 g/mol. The Morgan fingerprint density at radius 3 is 1.15 bits per heavy atom. The fourth-order valence-electron chi connectivity index (χ4n) is 10.7. The van der Waals surface area contributed by atoms with E-state index in [1.807, 2.05) is 0 Å². The van der Waals surface area contributed by atoms with Crippen LogP contribution in [0.1, 0.15) is 77.0 Å². The number of amides is 6. The van der Waals surface area contributed by atoms with Crippen LogP contribution < -0.4 is 31.9 Å². The number of nitrogens with one attached hydrogen (secondary N) is 6. The molecule has 6 saturated heterocycles. The summed E-state index contributed by atoms with van der Waals surface area (Å²) in [5.74, 6) is -5.10. The Balaban J connectivity index is 0.919. The van der Waals surface area contributed by atoms with E-state index in [-0.39, 0.29) is 62.3 Å². The standard InChI is InChI=1S/C44H67N9O13/c1-63-25-44(26-66-37(56)22-50-40(59)34-13-7-19-53(34)43(62)31-10-4-16-47-31)27(23-64-35(54)20-48-38(57)32-11-5-17-51(32)41(60)29-8-2-14-45-29)28(44)24-65-36(55)21-49-39(58)33-12-6-18-52(33)42(61)30-9-3-15-46-30/h27-34,45-47H,2-26H2,1H3,(H,48,57)(H,49,58)(H,50,59)/t27-,28+,29-,30-,31-,32-,33-,34-,44?/m0/s1. The number of hydrogen-bond acceptors (Lipinski definition) is 16. The summed E-state index contributed by atoms with van der Waals surface area (Å²) in [5.41, 5.74) is -0.998. The van der Waals surface area contributed by atoms with Gasteiger partial charge in [0.1, 0.15) is 37.8 Å². The lowest BCUT2D eigenvalue weighted by atomic mass is 10.0. The van der Waals surface area contributed by atoms with Crippen molar-refractivity contribution >= 4 is 53.4 Å². The smallest absolute Gasteiger partial charge is 0.325 e. The van der Waals surface area contributed by atoms with Gasteiger partial charge in [0.15, 0.2) is 0 Å². The van der Waals surface area contributed by atoms with E-state index in [0.29, 0.717) is 77.4 Å². The molecule has 0 radical (unpaired) electrons. The highest BCUT2D eigenvalue weighted by atomic mass is 16.6. The summed E-state index contributed by atoms with van der Waals surface area (Å²) in [6, 6.07) is -3.07. The first-order valence-electron chi connectivity index (χ1n) is 23.8. The number of hydrogen-bond donors (Lipinski definition) is 6. The van der Waals surface area contributed by atoms with Gasteiger partial charge in [0.2, 0.25) is 35.4 Å². The summed E-state index contributed by atoms with van der Waals surface area (Å²) in [6.45, 7) is 1.52. The van der Waals surface area contributed by atoms with Crippen LogP contribution in [-0.4, -0.2) is 197 Å². The molecule has 0 spiro atoms. The maximum Gasteiger partial charge on any atom is 0.325 e. The molecular formula is C44H67N9O13. The zero-order valence-electron chi connectivity index (χ0n) is 37.9. The molecule has 1 saturated carbocycles. The predicted molar refractivity (Wildman–Crippen MR) is 230 cm³/mol. The van der Waals surface area contributed by atoms with Gasteiger partial charge >= 0.3 is 17.9 Å². The molecule has 1 unspecified atom stereocenters. The Hall–Kier alpha value is -4.93. The highest BCUT2D eigenvalue weighted by molar-refractivity contribution is 5.93. The Morgan fingerprint density at radius 2 is 0.833 bits per heavy atom. The molecule has 0 bridgehead atoms. The summed E-state index contributed by atoms with van der Waals surface area (Å²) < 4.78 is 22.5. The summed E-state index contributed by atoms with van der Waals surface area (Å²) in [4.78, 5) is 123. The minimum absolute atomic E-state index is 0.00167. The van der Waals surface area contributed by atoms with Crippen LogP contribution in [0.4, 0.5) is 0 Å². The molecular weight excluding hydrogens is 863 g/mol. The number of esters is 3. The van der Waals surface area contributed by atoms with Crippen molar-refractivity contribution in [3.63, 3.8) is 0 Å². The Labute approximate surface area is 384 Å². The van der Waals surface area contributed by atoms with Gasteiger partial charge in [0.25, 0.3) is 0 Å². The first-order valence-corrected chi connectivity index (χ1v) is 23.8. The van der Waals surface area contributed by atoms with Crippen molar-refractivity contribution in [2.75, 3.05) is 92.4 Å². The number of likely N-dealkylation sites (tertiary alicyclic amines) is 3. The SMILES string of the molecule is COCC1(COC(=O)CNC(=O)[C@@H]2CCCN2C(=O)[C@@H]2CCCN2)[C@H](COC(=O)CNC(=O)[C@@H]2CCCN2C(=O)[C@@H]2CCCN2)[C@@H]1COC(=O)CNC(=O)[C@@H]1CCCN1C(=O)[C@@H]1CCCN1. The topological polar surface area (TPSA) is 272 Å². The largest absolute Gasteiger partial charge is 0.464 e. The third kappa shape index (κ3) is 11.6. The van der Waals surface area contributed by atoms with Crippen LogP contribution in [0.3, 0.4) is 0 Å². The van der Waals surface area contributed by atoms with Crippen molar-refractivity contribution < 1.29 is 62.1 Å². The van der Waals surface area contributed by atoms with Gasteiger partial charge in [-0.3, -0.25) is 43.2 Å². The molecule has 6 heterocycles. The molecule has 0 aromatic heterocycles. The van der Waals surface area contributed by atoms with Crippen LogP contribution in [0.2, 0.25) is 0 Å². The number of methoxy groups -OCH3 is 1. The highest BCUT2D eigenvalue weighted by Crippen LogP contribution is 2.59. The van der Waals surface area contributed by atoms with Crippen molar-refractivity contribution in [1.82, 2.24) is 46.6 Å². The van der Waals surface area contributed by atoms with Crippen LogP contribution >= 0.6 is 0 Å². The van der Waals surface area contributed by atoms with Crippen molar-refractivity contribution in [1.29, 1.82) is 0 Å². The van der Waals surface area contributed by atoms with Crippen molar-refractivity contribution in [2.24, 2.45) is 17.3 Å². The molecule has 366 valence electrons. The second kappa shape index (κ2) is 22.7. The molecule has 7 rings (SSSR count). The molecule has 22 nitrogen and oxygen atoms in total. The van der Waals surface area contributed by atoms with E-state index >= 15 is 0 Å². The van der Waals surface area contributed by atoms with Gasteiger partial charge in [-0.1, -0.05) is 0 Å². The van der Waals surface area contributed by atoms with Gasteiger partial charge in [-0.15, -0.1) is 0 Å². The fraction of sp³-hybridized carbons (Fsp3) is 0.795. The lowest BCUT2D eigenvalue weighted by molar-refractivity contribution is -0.149. The third-order valence-corrected chi connectivity index (χ3v) is 14.4. The zero-order valence-corrected chi connectivity index (χ0v) is 37.9. The minimum Gasteiger partial charge on any atom is -0.464 e. The molecule has 6 amide bonds. The van der Waals surface area contributed by atoms with Crippen LogP contribution in [0, 0.1) is 17.3 Å². The molecule has 22 heteroatoms. The maximum atomic E-state index is 13.2. The second-order valence-corrected chi connectivity index (χ2v) is 18.6. The van der Waals surface area contributed by atoms with E-state index < -0.39 is 90.6 Å². The lowest BCUT2D eigenvalue weighted by Crippen LogP contribution is -2.51. The van der Waals surface area contributed by atoms with E-state index in [4.69, 9.17) is 18.9 Å². The van der Waals surface area contributed by atoms with Gasteiger partial charge in [-0.05, 0) is 96.7 Å². The fourth-order valence-corrected chi connectivity index (χ4v) is 10.7. The van der Waals surface area contributed by atoms with E-state index in [9.17, 15) is 43.2 Å². The van der Waals surface area contributed by atoms with E-state index in [0.717, 1.165) is 38.9 Å². The van der Waals surface area contributed by atoms with Crippen molar-refractivity contribution in [3.05, 3.63) is 0 Å². The summed E-state index contributed by atoms with van der Waals surface area (Å²) >= 11 is 0. The molecule has 7 aliphatic rings. The molecule has 6 aliphatic heterocycles. The van der Waals surface area contributed by atoms with Crippen LogP contribution in [0.25, 0.3) is 0 Å². The van der Waals surface area contributed by atoms with Crippen molar-refractivity contribution in [3.8, 4) is 0 Å². The van der Waals surface area contributed by atoms with Gasteiger partial charge in [-0.2, -0.15) is 0 Å². The molecule has 6 N–H and O–H groups in total. The molecule has 1 aliphatic carbocycles. The summed E-state index contributed by atoms with van der Waals surface area (Å²) in [5, 5.41) is 17.3. The molecule has 66 heavy (non-hydrogen) atoms. The molecule has 0 aromatic rings. The highest BCUT2D eigenvalue weighted by Gasteiger charge is 2.66. The van der Waals surface area contributed by atoms with Crippen LogP contribution in [0.15, 0.2) is 0 Å². The first kappa shape index (κ1) is 49.0. The minimum atomic E-state index is -0.998. The number of carbonyl (C=O) groups excluding carboxylic acids is 9. The van der Waals surface area contributed by atoms with Crippen molar-refractivity contribution in [2.45, 2.75) is 113 Å². The Morgan fingerprint density at radius 1 is 0.485 bits per heavy atom. The lowest BCUT2D eigenvalue weighted by Gasteiger charge is -2.26.